The van der Waals surface area contributed by atoms with Crippen LogP contribution in [-0.4, -0.2) is 45.3 Å². The number of carbonyl (C=O) groups is 1. The Balaban J connectivity index is 1.50. The number of aliphatic hydroxyl groups is 2. The lowest BCUT2D eigenvalue weighted by Crippen LogP contribution is -2.21. The third-order valence-corrected chi connectivity index (χ3v) is 5.68. The fourth-order valence-corrected chi connectivity index (χ4v) is 4.01. The third-order valence-electron chi connectivity index (χ3n) is 4.80. The number of hydrogen-bond acceptors (Lipinski definition) is 7. The molecule has 28 heavy (non-hydrogen) atoms. The molecule has 0 unspecified atom stereocenters. The number of β-amino-alcohol motifs (C(OH)–C–C–N with tert-alkyl or cyclic N) is 1. The van der Waals surface area contributed by atoms with Crippen molar-refractivity contribution in [1.29, 1.82) is 0 Å². The highest BCUT2D eigenvalue weighted by Gasteiger charge is 2.22. The number of benzene rings is 1. The number of nitrogens with zero attached hydrogens (tertiary/aromatic N) is 3. The predicted octanol–water partition coefficient (Wildman–Crippen LogP) is 2.74. The molecule has 1 atom stereocenters. The summed E-state index contributed by atoms with van der Waals surface area (Å²) in [5.74, 6) is 0.553. The van der Waals surface area contributed by atoms with Crippen LogP contribution in [-0.2, 0) is 5.60 Å². The van der Waals surface area contributed by atoms with Gasteiger partial charge >= 0.3 is 0 Å². The van der Waals surface area contributed by atoms with E-state index in [2.05, 4.69) is 15.3 Å². The number of aliphatic hydroxyl groups excluding tert-OH is 1. The van der Waals surface area contributed by atoms with Crippen molar-refractivity contribution < 1.29 is 15.0 Å². The van der Waals surface area contributed by atoms with Crippen LogP contribution in [0, 0.1) is 0 Å². The lowest BCUT2D eigenvalue weighted by Gasteiger charge is -2.17. The molecular formula is C20H22N4O3S. The number of nitrogens with one attached hydrogen (secondary N) is 1. The van der Waals surface area contributed by atoms with Gasteiger partial charge in [0.05, 0.1) is 11.7 Å². The minimum absolute atomic E-state index is 0.260. The number of thiazole rings is 1. The van der Waals surface area contributed by atoms with Gasteiger partial charge in [-0.05, 0) is 50.1 Å². The molecule has 7 nitrogen and oxygen atoms in total. The normalized spacial score (nSPS) is 17.3. The number of rotatable bonds is 4. The fraction of sp³-hybridized carbons (Fsp3) is 0.350. The van der Waals surface area contributed by atoms with Crippen molar-refractivity contribution >= 4 is 38.5 Å². The molecule has 1 aliphatic rings. The van der Waals surface area contributed by atoms with Gasteiger partial charge in [-0.2, -0.15) is 0 Å². The Bertz CT molecular complexity index is 1010. The Morgan fingerprint density at radius 1 is 1.21 bits per heavy atom. The summed E-state index contributed by atoms with van der Waals surface area (Å²) < 4.78 is 0. The lowest BCUT2D eigenvalue weighted by molar-refractivity contribution is 0.0785. The summed E-state index contributed by atoms with van der Waals surface area (Å²) >= 11 is 1.32. The van der Waals surface area contributed by atoms with Crippen LogP contribution in [0.2, 0.25) is 0 Å². The number of anilines is 2. The van der Waals surface area contributed by atoms with Gasteiger partial charge in [-0.15, -0.1) is 0 Å². The zero-order valence-corrected chi connectivity index (χ0v) is 16.5. The van der Waals surface area contributed by atoms with Crippen LogP contribution in [0.3, 0.4) is 0 Å². The molecule has 0 bridgehead atoms. The van der Waals surface area contributed by atoms with Gasteiger partial charge in [0.25, 0.3) is 5.91 Å². The predicted molar refractivity (Wildman–Crippen MR) is 110 cm³/mol. The van der Waals surface area contributed by atoms with Crippen LogP contribution < -0.4 is 10.2 Å². The van der Waals surface area contributed by atoms with Crippen LogP contribution in [0.4, 0.5) is 10.9 Å². The highest BCUT2D eigenvalue weighted by Crippen LogP contribution is 2.28. The topological polar surface area (TPSA) is 98.6 Å². The molecule has 3 heterocycles. The molecule has 4 rings (SSSR count). The van der Waals surface area contributed by atoms with Crippen molar-refractivity contribution in [2.75, 3.05) is 23.3 Å². The Morgan fingerprint density at radius 2 is 1.96 bits per heavy atom. The molecule has 3 aromatic rings. The second kappa shape index (κ2) is 7.12. The van der Waals surface area contributed by atoms with Crippen molar-refractivity contribution in [3.8, 4) is 0 Å². The summed E-state index contributed by atoms with van der Waals surface area (Å²) in [5, 5.41) is 23.0. The number of aromatic nitrogens is 2. The zero-order valence-electron chi connectivity index (χ0n) is 15.7. The van der Waals surface area contributed by atoms with Crippen LogP contribution in [0.25, 0.3) is 10.3 Å². The van der Waals surface area contributed by atoms with Gasteiger partial charge < -0.3 is 15.1 Å². The Labute approximate surface area is 166 Å². The lowest BCUT2D eigenvalue weighted by atomic mass is 9.97. The van der Waals surface area contributed by atoms with E-state index in [0.29, 0.717) is 17.2 Å². The van der Waals surface area contributed by atoms with Gasteiger partial charge in [0.1, 0.15) is 16.2 Å². The number of amides is 1. The zero-order chi connectivity index (χ0) is 19.9. The van der Waals surface area contributed by atoms with Crippen molar-refractivity contribution in [3.05, 3.63) is 47.5 Å². The molecule has 2 aromatic heterocycles. The molecule has 1 fully saturated rings. The van der Waals surface area contributed by atoms with Crippen molar-refractivity contribution in [1.82, 2.24) is 9.97 Å². The van der Waals surface area contributed by atoms with E-state index < -0.39 is 5.60 Å². The molecular weight excluding hydrogens is 376 g/mol. The largest absolute Gasteiger partial charge is 0.391 e. The quantitative estimate of drug-likeness (QED) is 0.625. The second-order valence-corrected chi connectivity index (χ2v) is 8.47. The minimum atomic E-state index is -0.948. The Morgan fingerprint density at radius 3 is 2.61 bits per heavy atom. The Kier molecular flexibility index (Phi) is 4.78. The first-order chi connectivity index (χ1) is 13.3. The molecule has 8 heteroatoms. The van der Waals surface area contributed by atoms with Gasteiger partial charge in [-0.3, -0.25) is 10.1 Å². The first kappa shape index (κ1) is 18.8. The molecule has 0 saturated carbocycles. The van der Waals surface area contributed by atoms with E-state index in [1.807, 2.05) is 17.0 Å². The molecule has 0 spiro atoms. The number of hydrogen-bond donors (Lipinski definition) is 3. The maximum Gasteiger partial charge on any atom is 0.257 e. The average Bonchev–Trinajstić information content (AvgIpc) is 3.26. The molecule has 0 aliphatic carbocycles. The molecule has 3 N–H and O–H groups in total. The van der Waals surface area contributed by atoms with Gasteiger partial charge in [-0.25, -0.2) is 9.97 Å². The summed E-state index contributed by atoms with van der Waals surface area (Å²) in [7, 11) is 0. The summed E-state index contributed by atoms with van der Waals surface area (Å²) in [5.41, 5.74) is 1.01. The van der Waals surface area contributed by atoms with Crippen LogP contribution in [0.1, 0.15) is 36.2 Å². The monoisotopic (exact) mass is 398 g/mol. The second-order valence-electron chi connectivity index (χ2n) is 7.49. The van der Waals surface area contributed by atoms with Gasteiger partial charge in [-0.1, -0.05) is 23.5 Å². The molecule has 1 aromatic carbocycles. The van der Waals surface area contributed by atoms with E-state index in [1.54, 1.807) is 38.1 Å². The summed E-state index contributed by atoms with van der Waals surface area (Å²) in [6.07, 6.45) is 0.437. The van der Waals surface area contributed by atoms with Crippen molar-refractivity contribution in [3.63, 3.8) is 0 Å². The summed E-state index contributed by atoms with van der Waals surface area (Å²) in [6.45, 7) is 4.77. The maximum absolute atomic E-state index is 12.5. The number of carbonyl (C=O) groups excluding carboxylic acids is 1. The average molecular weight is 398 g/mol. The highest BCUT2D eigenvalue weighted by molar-refractivity contribution is 7.22. The number of pyridine rings is 1. The fourth-order valence-electron chi connectivity index (χ4n) is 3.19. The van der Waals surface area contributed by atoms with Crippen LogP contribution in [0.15, 0.2) is 36.4 Å². The smallest absolute Gasteiger partial charge is 0.257 e. The molecule has 146 valence electrons. The van der Waals surface area contributed by atoms with Gasteiger partial charge in [0, 0.05) is 18.7 Å². The van der Waals surface area contributed by atoms with E-state index in [9.17, 15) is 15.0 Å². The standard InChI is InChI=1S/C20H22N4O3S/c1-20(2,27)13-5-3-12(4-6-13)17(26)23-19-21-15-7-8-16(22-18(15)28-19)24-10-9-14(25)11-24/h3-8,14,25,27H,9-11H2,1-2H3,(H,21,23,26)/t14-/m1/s1. The molecule has 1 aliphatic heterocycles. The Hall–Kier alpha value is -2.55. The van der Waals surface area contributed by atoms with Gasteiger partial charge in [0.15, 0.2) is 5.13 Å². The van der Waals surface area contributed by atoms with E-state index in [1.165, 1.54) is 11.3 Å². The van der Waals surface area contributed by atoms with E-state index in [4.69, 9.17) is 0 Å². The summed E-state index contributed by atoms with van der Waals surface area (Å²) in [6, 6.07) is 10.6. The van der Waals surface area contributed by atoms with E-state index >= 15 is 0 Å². The van der Waals surface area contributed by atoms with E-state index in [0.717, 1.165) is 34.7 Å². The van der Waals surface area contributed by atoms with Crippen LogP contribution in [0.5, 0.6) is 0 Å². The molecule has 1 saturated heterocycles. The first-order valence-corrected chi connectivity index (χ1v) is 9.96. The van der Waals surface area contributed by atoms with E-state index in [-0.39, 0.29) is 12.0 Å². The SMILES string of the molecule is CC(C)(O)c1ccc(C(=O)Nc2nc3ccc(N4CC[C@@H](O)C4)nc3s2)cc1. The van der Waals surface area contributed by atoms with Crippen molar-refractivity contribution in [2.45, 2.75) is 32.0 Å². The number of fused-ring (bicyclic) bond motifs is 1. The first-order valence-electron chi connectivity index (χ1n) is 9.14. The molecule has 0 radical (unpaired) electrons. The molecule has 1 amide bonds. The van der Waals surface area contributed by atoms with Gasteiger partial charge in [0.2, 0.25) is 0 Å². The highest BCUT2D eigenvalue weighted by atomic mass is 32.1. The van der Waals surface area contributed by atoms with Crippen LogP contribution >= 0.6 is 11.3 Å². The maximum atomic E-state index is 12.5. The van der Waals surface area contributed by atoms with Crippen molar-refractivity contribution in [2.24, 2.45) is 0 Å². The third kappa shape index (κ3) is 3.84. The minimum Gasteiger partial charge on any atom is -0.391 e. The summed E-state index contributed by atoms with van der Waals surface area (Å²) in [4.78, 5) is 24.3.